The molecule has 0 N–H and O–H groups in total. The molecule has 0 spiro atoms. The summed E-state index contributed by atoms with van der Waals surface area (Å²) >= 11 is 0. The van der Waals surface area contributed by atoms with Crippen molar-refractivity contribution in [1.29, 1.82) is 0 Å². The second kappa shape index (κ2) is 9.82. The van der Waals surface area contributed by atoms with Crippen molar-refractivity contribution in [3.63, 3.8) is 0 Å². The van der Waals surface area contributed by atoms with Gasteiger partial charge in [-0.2, -0.15) is 0 Å². The number of hydrogen-bond donors (Lipinski definition) is 0. The summed E-state index contributed by atoms with van der Waals surface area (Å²) in [6.07, 6.45) is 3.57. The third kappa shape index (κ3) is 5.46. The molecule has 34 heavy (non-hydrogen) atoms. The van der Waals surface area contributed by atoms with Crippen LogP contribution in [0.5, 0.6) is 0 Å². The summed E-state index contributed by atoms with van der Waals surface area (Å²) in [5.74, 6) is 0. The van der Waals surface area contributed by atoms with E-state index < -0.39 is 0 Å². The first-order valence-corrected chi connectivity index (χ1v) is 12.1. The van der Waals surface area contributed by atoms with Crippen LogP contribution in [0.3, 0.4) is 0 Å². The number of pyridine rings is 1. The highest BCUT2D eigenvalue weighted by atomic mass is 16.7. The molecule has 0 radical (unpaired) electrons. The van der Waals surface area contributed by atoms with Crippen molar-refractivity contribution < 1.29 is 9.47 Å². The lowest BCUT2D eigenvalue weighted by atomic mass is 9.96. The van der Waals surface area contributed by atoms with Gasteiger partial charge in [-0.1, -0.05) is 31.2 Å². The van der Waals surface area contributed by atoms with Crippen LogP contribution in [0, 0.1) is 12.3 Å². The van der Waals surface area contributed by atoms with Crippen molar-refractivity contribution >= 4 is 5.69 Å². The van der Waals surface area contributed by atoms with Crippen molar-refractivity contribution in [2.45, 2.75) is 40.2 Å². The van der Waals surface area contributed by atoms with Gasteiger partial charge in [0.15, 0.2) is 6.29 Å². The highest BCUT2D eigenvalue weighted by Crippen LogP contribution is 2.28. The van der Waals surface area contributed by atoms with Crippen molar-refractivity contribution in [3.05, 3.63) is 60.0 Å². The van der Waals surface area contributed by atoms with E-state index in [2.05, 4.69) is 76.2 Å². The Kier molecular flexibility index (Phi) is 6.63. The first-order chi connectivity index (χ1) is 16.4. The molecule has 2 fully saturated rings. The SMILES string of the molecule is Cc1cc(N2CCN(Cc3ccccn3)CC2)ccc1-c1cn(CC2OCC(C)(C)CO2)nn1. The molecular formula is C26H34N6O2. The maximum absolute atomic E-state index is 5.84. The number of piperazine rings is 1. The summed E-state index contributed by atoms with van der Waals surface area (Å²) in [5.41, 5.74) is 5.64. The average Bonchev–Trinajstić information content (AvgIpc) is 3.30. The summed E-state index contributed by atoms with van der Waals surface area (Å²) in [5, 5.41) is 8.71. The molecule has 0 unspecified atom stereocenters. The second-order valence-electron chi connectivity index (χ2n) is 10.1. The zero-order valence-electron chi connectivity index (χ0n) is 20.4. The lowest BCUT2D eigenvalue weighted by molar-refractivity contribution is -0.227. The van der Waals surface area contributed by atoms with Gasteiger partial charge in [0.2, 0.25) is 0 Å². The Morgan fingerprint density at radius 2 is 1.82 bits per heavy atom. The van der Waals surface area contributed by atoms with E-state index in [0.717, 1.165) is 49.7 Å². The number of nitrogens with zero attached hydrogens (tertiary/aromatic N) is 6. The van der Waals surface area contributed by atoms with E-state index in [1.165, 1.54) is 11.3 Å². The molecule has 2 aliphatic rings. The van der Waals surface area contributed by atoms with E-state index >= 15 is 0 Å². The van der Waals surface area contributed by atoms with Gasteiger partial charge in [0.05, 0.1) is 31.6 Å². The molecule has 0 aliphatic carbocycles. The fourth-order valence-corrected chi connectivity index (χ4v) is 4.51. The Labute approximate surface area is 201 Å². The average molecular weight is 463 g/mol. The predicted molar refractivity (Wildman–Crippen MR) is 131 cm³/mol. The quantitative estimate of drug-likeness (QED) is 0.556. The van der Waals surface area contributed by atoms with Gasteiger partial charge in [-0.15, -0.1) is 5.10 Å². The summed E-state index contributed by atoms with van der Waals surface area (Å²) < 4.78 is 13.5. The van der Waals surface area contributed by atoms with E-state index in [1.807, 2.05) is 23.1 Å². The van der Waals surface area contributed by atoms with Gasteiger partial charge in [0.25, 0.3) is 0 Å². The van der Waals surface area contributed by atoms with Crippen molar-refractivity contribution in [1.82, 2.24) is 24.9 Å². The smallest absolute Gasteiger partial charge is 0.177 e. The second-order valence-corrected chi connectivity index (χ2v) is 10.1. The number of aromatic nitrogens is 4. The van der Waals surface area contributed by atoms with E-state index in [-0.39, 0.29) is 11.7 Å². The minimum Gasteiger partial charge on any atom is -0.369 e. The minimum atomic E-state index is -0.276. The van der Waals surface area contributed by atoms with Crippen LogP contribution in [0.15, 0.2) is 48.8 Å². The van der Waals surface area contributed by atoms with Crippen molar-refractivity contribution in [2.75, 3.05) is 44.3 Å². The number of hydrogen-bond acceptors (Lipinski definition) is 7. The first kappa shape index (κ1) is 23.0. The molecule has 2 aromatic heterocycles. The maximum Gasteiger partial charge on any atom is 0.177 e. The molecule has 4 heterocycles. The third-order valence-corrected chi connectivity index (χ3v) is 6.53. The van der Waals surface area contributed by atoms with E-state index in [4.69, 9.17) is 9.47 Å². The Balaban J connectivity index is 1.18. The van der Waals surface area contributed by atoms with Crippen LogP contribution < -0.4 is 4.90 Å². The highest BCUT2D eigenvalue weighted by Gasteiger charge is 2.28. The topological polar surface area (TPSA) is 68.5 Å². The monoisotopic (exact) mass is 462 g/mol. The molecule has 2 aliphatic heterocycles. The van der Waals surface area contributed by atoms with Crippen LogP contribution in [-0.2, 0) is 22.6 Å². The standard InChI is InChI=1S/C26H34N6O2/c1-20-14-22(31-12-10-30(11-13-31)15-21-6-4-5-9-27-21)7-8-23(20)24-16-32(29-28-24)17-25-33-18-26(2,3)19-34-25/h4-9,14,16,25H,10-13,15,17-19H2,1-3H3. The van der Waals surface area contributed by atoms with Gasteiger partial charge in [0, 0.05) is 55.6 Å². The Morgan fingerprint density at radius 3 is 2.53 bits per heavy atom. The zero-order valence-corrected chi connectivity index (χ0v) is 20.4. The molecule has 8 nitrogen and oxygen atoms in total. The van der Waals surface area contributed by atoms with Gasteiger partial charge >= 0.3 is 0 Å². The van der Waals surface area contributed by atoms with Gasteiger partial charge in [-0.25, -0.2) is 4.68 Å². The van der Waals surface area contributed by atoms with Crippen LogP contribution >= 0.6 is 0 Å². The van der Waals surface area contributed by atoms with Gasteiger partial charge in [-0.3, -0.25) is 9.88 Å². The lowest BCUT2D eigenvalue weighted by Crippen LogP contribution is -2.46. The lowest BCUT2D eigenvalue weighted by Gasteiger charge is -2.36. The number of anilines is 1. The summed E-state index contributed by atoms with van der Waals surface area (Å²) in [7, 11) is 0. The summed E-state index contributed by atoms with van der Waals surface area (Å²) in [6, 6.07) is 12.7. The molecule has 2 saturated heterocycles. The minimum absolute atomic E-state index is 0.0641. The molecule has 0 amide bonds. The highest BCUT2D eigenvalue weighted by molar-refractivity contribution is 5.67. The van der Waals surface area contributed by atoms with Crippen LogP contribution in [0.4, 0.5) is 5.69 Å². The fourth-order valence-electron chi connectivity index (χ4n) is 4.51. The van der Waals surface area contributed by atoms with Crippen molar-refractivity contribution in [3.8, 4) is 11.3 Å². The Bertz CT molecular complexity index is 1080. The summed E-state index contributed by atoms with van der Waals surface area (Å²) in [4.78, 5) is 9.39. The van der Waals surface area contributed by atoms with E-state index in [0.29, 0.717) is 19.8 Å². The number of ether oxygens (including phenoxy) is 2. The Morgan fingerprint density at radius 1 is 1.03 bits per heavy atom. The van der Waals surface area contributed by atoms with Crippen LogP contribution in [0.1, 0.15) is 25.1 Å². The number of benzene rings is 1. The first-order valence-electron chi connectivity index (χ1n) is 12.1. The molecule has 0 atom stereocenters. The van der Waals surface area contributed by atoms with E-state index in [1.54, 1.807) is 0 Å². The molecule has 0 bridgehead atoms. The molecule has 0 saturated carbocycles. The van der Waals surface area contributed by atoms with Crippen LogP contribution in [0.2, 0.25) is 0 Å². The number of aryl methyl sites for hydroxylation is 1. The molecular weight excluding hydrogens is 428 g/mol. The number of rotatable bonds is 6. The zero-order chi connectivity index (χ0) is 23.5. The molecule has 1 aromatic carbocycles. The molecule has 180 valence electrons. The molecule has 5 rings (SSSR count). The van der Waals surface area contributed by atoms with Crippen molar-refractivity contribution in [2.24, 2.45) is 5.41 Å². The fraction of sp³-hybridized carbons (Fsp3) is 0.500. The van der Waals surface area contributed by atoms with Gasteiger partial charge in [0.1, 0.15) is 5.69 Å². The predicted octanol–water partition coefficient (Wildman–Crippen LogP) is 3.37. The maximum atomic E-state index is 5.84. The molecule has 8 heteroatoms. The molecule has 3 aromatic rings. The van der Waals surface area contributed by atoms with Crippen LogP contribution in [-0.4, -0.2) is 70.6 Å². The van der Waals surface area contributed by atoms with Gasteiger partial charge in [-0.05, 0) is 36.8 Å². The van der Waals surface area contributed by atoms with E-state index in [9.17, 15) is 0 Å². The normalized spacial score (nSPS) is 19.4. The largest absolute Gasteiger partial charge is 0.369 e. The Hall–Kier alpha value is -2.81. The van der Waals surface area contributed by atoms with Gasteiger partial charge < -0.3 is 14.4 Å². The van der Waals surface area contributed by atoms with Crippen LogP contribution in [0.25, 0.3) is 11.3 Å². The summed E-state index contributed by atoms with van der Waals surface area (Å²) in [6.45, 7) is 13.4. The third-order valence-electron chi connectivity index (χ3n) is 6.53.